The number of aromatic nitrogens is 4. The van der Waals surface area contributed by atoms with Gasteiger partial charge in [0, 0.05) is 61.3 Å². The van der Waals surface area contributed by atoms with E-state index in [2.05, 4.69) is 56.6 Å². The van der Waals surface area contributed by atoms with Crippen molar-refractivity contribution in [1.29, 1.82) is 0 Å². The number of anilines is 2. The summed E-state index contributed by atoms with van der Waals surface area (Å²) in [4.78, 5) is 65.6. The summed E-state index contributed by atoms with van der Waals surface area (Å²) in [5.74, 6) is -1.36. The summed E-state index contributed by atoms with van der Waals surface area (Å²) in [5.41, 5.74) is 6.19. The maximum absolute atomic E-state index is 13.1. The van der Waals surface area contributed by atoms with Gasteiger partial charge >= 0.3 is 0 Å². The number of amides is 4. The summed E-state index contributed by atoms with van der Waals surface area (Å²) in [6.45, 7) is 2.92. The number of rotatable bonds is 9. The zero-order valence-corrected chi connectivity index (χ0v) is 27.9. The molecular formula is C37H39N9O4. The van der Waals surface area contributed by atoms with Crippen molar-refractivity contribution in [2.24, 2.45) is 5.92 Å². The van der Waals surface area contributed by atoms with Crippen molar-refractivity contribution in [3.05, 3.63) is 66.1 Å². The first kappa shape index (κ1) is 30.9. The minimum Gasteiger partial charge on any atom is -0.385 e. The number of piperazine rings is 1. The van der Waals surface area contributed by atoms with Gasteiger partial charge in [-0.25, -0.2) is 4.98 Å². The Balaban J connectivity index is 0.763. The summed E-state index contributed by atoms with van der Waals surface area (Å²) in [7, 11) is 2.22. The van der Waals surface area contributed by atoms with Crippen LogP contribution in [0.2, 0.25) is 0 Å². The number of nitrogens with zero attached hydrogens (tertiary/aromatic N) is 7. The first-order chi connectivity index (χ1) is 24.3. The lowest BCUT2D eigenvalue weighted by molar-refractivity contribution is -0.136. The van der Waals surface area contributed by atoms with Gasteiger partial charge < -0.3 is 10.2 Å². The average molecular weight is 674 g/mol. The van der Waals surface area contributed by atoms with Crippen LogP contribution in [-0.4, -0.2) is 98.0 Å². The summed E-state index contributed by atoms with van der Waals surface area (Å²) < 4.78 is 2.07. The molecule has 0 spiro atoms. The van der Waals surface area contributed by atoms with Crippen molar-refractivity contribution in [2.45, 2.75) is 69.1 Å². The van der Waals surface area contributed by atoms with E-state index in [0.29, 0.717) is 24.0 Å². The van der Waals surface area contributed by atoms with Gasteiger partial charge in [0.2, 0.25) is 11.8 Å². The van der Waals surface area contributed by atoms with Gasteiger partial charge in [0.25, 0.3) is 11.8 Å². The third-order valence-corrected chi connectivity index (χ3v) is 11.4. The van der Waals surface area contributed by atoms with Gasteiger partial charge in [-0.15, -0.1) is 0 Å². The van der Waals surface area contributed by atoms with Crippen LogP contribution in [-0.2, 0) is 9.59 Å². The van der Waals surface area contributed by atoms with E-state index in [1.54, 1.807) is 18.2 Å². The largest absolute Gasteiger partial charge is 0.385 e. The highest BCUT2D eigenvalue weighted by molar-refractivity contribution is 6.23. The quantitative estimate of drug-likeness (QED) is 0.200. The van der Waals surface area contributed by atoms with Gasteiger partial charge in [-0.3, -0.25) is 44.0 Å². The molecule has 9 rings (SSSR count). The number of imide groups is 2. The standard InChI is InChI=1S/C37H39N9O4/c1-43-19-27-14-26(43)20-44(27)24-5-7-30-31(15-24)41-32(17-39-30)22-16-40-45(18-22)25-11-21(12-25)3-2-10-38-23-4-6-28-29(13-23)37(50)46(36(28)49)33-8-9-34(47)42-35(33)48/h4-7,13,15-18,21,25-27,33,38H,2-3,8-12,14,19-20H2,1H3,(H,42,47,48)/t21-,25-,26-,27-,33?/m1/s1. The molecule has 4 aliphatic heterocycles. The number of nitrogens with one attached hydrogen (secondary N) is 2. The third kappa shape index (κ3) is 5.31. The van der Waals surface area contributed by atoms with Crippen molar-refractivity contribution >= 4 is 46.0 Å². The Labute approximate surface area is 289 Å². The molecular weight excluding hydrogens is 634 g/mol. The number of piperidine rings is 1. The highest BCUT2D eigenvalue weighted by Gasteiger charge is 2.45. The lowest BCUT2D eigenvalue weighted by Gasteiger charge is -2.35. The third-order valence-electron chi connectivity index (χ3n) is 11.4. The van der Waals surface area contributed by atoms with E-state index >= 15 is 0 Å². The molecule has 6 heterocycles. The Kier molecular flexibility index (Phi) is 7.41. The molecule has 1 unspecified atom stereocenters. The number of carbonyl (C=O) groups excluding carboxylic acids is 4. The minimum atomic E-state index is -0.963. The van der Waals surface area contributed by atoms with Crippen LogP contribution in [0.3, 0.4) is 0 Å². The predicted molar refractivity (Wildman–Crippen MR) is 186 cm³/mol. The summed E-state index contributed by atoms with van der Waals surface area (Å²) in [6.07, 6.45) is 11.5. The Hall–Kier alpha value is -5.17. The smallest absolute Gasteiger partial charge is 0.262 e. The van der Waals surface area contributed by atoms with Crippen LogP contribution >= 0.6 is 0 Å². The maximum atomic E-state index is 13.1. The van der Waals surface area contributed by atoms with Gasteiger partial charge in [-0.2, -0.15) is 5.10 Å². The summed E-state index contributed by atoms with van der Waals surface area (Å²) in [5, 5.41) is 10.3. The fraction of sp³-hybridized carbons (Fsp3) is 0.432. The summed E-state index contributed by atoms with van der Waals surface area (Å²) >= 11 is 0. The van der Waals surface area contributed by atoms with Crippen LogP contribution in [0, 0.1) is 5.92 Å². The number of fused-ring (bicyclic) bond motifs is 4. The Morgan fingerprint density at radius 3 is 2.56 bits per heavy atom. The Morgan fingerprint density at radius 2 is 1.76 bits per heavy atom. The molecule has 4 fully saturated rings. The van der Waals surface area contributed by atoms with Crippen LogP contribution in [0.25, 0.3) is 22.3 Å². The number of carbonyl (C=O) groups is 4. The topological polar surface area (TPSA) is 146 Å². The molecule has 256 valence electrons. The van der Waals surface area contributed by atoms with Crippen LogP contribution in [0.4, 0.5) is 11.4 Å². The second kappa shape index (κ2) is 12.0. The first-order valence-corrected chi connectivity index (χ1v) is 17.7. The highest BCUT2D eigenvalue weighted by atomic mass is 16.2. The minimum absolute atomic E-state index is 0.0980. The molecule has 2 aromatic carbocycles. The molecule has 2 aromatic heterocycles. The van der Waals surface area contributed by atoms with Crippen molar-refractivity contribution < 1.29 is 19.2 Å². The van der Waals surface area contributed by atoms with Crippen LogP contribution in [0.5, 0.6) is 0 Å². The number of hydrogen-bond acceptors (Lipinski definition) is 10. The maximum Gasteiger partial charge on any atom is 0.262 e. The predicted octanol–water partition coefficient (Wildman–Crippen LogP) is 3.63. The molecule has 2 bridgehead atoms. The normalized spacial score (nSPS) is 26.1. The fourth-order valence-electron chi connectivity index (χ4n) is 8.53. The van der Waals surface area contributed by atoms with Crippen LogP contribution < -0.4 is 15.5 Å². The lowest BCUT2D eigenvalue weighted by atomic mass is 9.77. The van der Waals surface area contributed by atoms with E-state index < -0.39 is 23.8 Å². The summed E-state index contributed by atoms with van der Waals surface area (Å²) in [6, 6.07) is 12.2. The molecule has 4 aromatic rings. The van der Waals surface area contributed by atoms with Gasteiger partial charge in [-0.05, 0) is 87.9 Å². The number of benzene rings is 2. The molecule has 0 radical (unpaired) electrons. The Morgan fingerprint density at radius 1 is 0.900 bits per heavy atom. The van der Waals surface area contributed by atoms with Crippen molar-refractivity contribution in [3.8, 4) is 11.3 Å². The molecule has 5 aliphatic rings. The number of hydrogen-bond donors (Lipinski definition) is 2. The number of likely N-dealkylation sites (N-methyl/N-ethyl adjacent to an activating group) is 1. The fourth-order valence-corrected chi connectivity index (χ4v) is 8.53. The Bertz CT molecular complexity index is 2050. The average Bonchev–Trinajstić information content (AvgIpc) is 3.88. The van der Waals surface area contributed by atoms with E-state index in [-0.39, 0.29) is 29.9 Å². The van der Waals surface area contributed by atoms with Crippen molar-refractivity contribution in [1.82, 2.24) is 34.9 Å². The van der Waals surface area contributed by atoms with E-state index in [4.69, 9.17) is 15.1 Å². The molecule has 3 atom stereocenters. The molecule has 1 saturated carbocycles. The molecule has 13 nitrogen and oxygen atoms in total. The molecule has 13 heteroatoms. The van der Waals surface area contributed by atoms with E-state index in [1.165, 1.54) is 12.1 Å². The van der Waals surface area contributed by atoms with Gasteiger partial charge in [-0.1, -0.05) is 0 Å². The second-order valence-corrected chi connectivity index (χ2v) is 14.5. The highest BCUT2D eigenvalue weighted by Crippen LogP contribution is 2.41. The van der Waals surface area contributed by atoms with E-state index in [1.807, 2.05) is 12.4 Å². The van der Waals surface area contributed by atoms with Crippen LogP contribution in [0.1, 0.15) is 71.7 Å². The zero-order chi connectivity index (χ0) is 34.1. The lowest BCUT2D eigenvalue weighted by Crippen LogP contribution is -2.54. The van der Waals surface area contributed by atoms with Gasteiger partial charge in [0.1, 0.15) is 6.04 Å². The van der Waals surface area contributed by atoms with Gasteiger partial charge in [0.05, 0.1) is 46.3 Å². The van der Waals surface area contributed by atoms with E-state index in [0.717, 1.165) is 78.2 Å². The number of likely N-dealkylation sites (tertiary alicyclic amines) is 1. The van der Waals surface area contributed by atoms with Crippen molar-refractivity contribution in [2.75, 3.05) is 36.9 Å². The van der Waals surface area contributed by atoms with Crippen LogP contribution in [0.15, 0.2) is 55.0 Å². The van der Waals surface area contributed by atoms with Gasteiger partial charge in [0.15, 0.2) is 0 Å². The van der Waals surface area contributed by atoms with E-state index in [9.17, 15) is 19.2 Å². The monoisotopic (exact) mass is 673 g/mol. The molecule has 50 heavy (non-hydrogen) atoms. The van der Waals surface area contributed by atoms with Crippen molar-refractivity contribution in [3.63, 3.8) is 0 Å². The molecule has 1 aliphatic carbocycles. The molecule has 3 saturated heterocycles. The SMILES string of the molecule is CN1C[C@H]2C[C@@H]1CN2c1ccc2ncc(-c3cnn([C@H]4C[C@H](CCCNc5ccc6c(c5)C(=O)N(C5CCC(=O)NC5=O)C6=O)C4)c3)nc2c1. The molecule has 4 amide bonds. The zero-order valence-electron chi connectivity index (χ0n) is 27.9. The molecule has 2 N–H and O–H groups in total. The first-order valence-electron chi connectivity index (χ1n) is 17.7. The second-order valence-electron chi connectivity index (χ2n) is 14.5.